The van der Waals surface area contributed by atoms with E-state index in [4.69, 9.17) is 11.5 Å². The quantitative estimate of drug-likeness (QED) is 0.132. The highest BCUT2D eigenvalue weighted by atomic mass is 16.4. The molecular weight excluding hydrogens is 474 g/mol. The van der Waals surface area contributed by atoms with Gasteiger partial charge >= 0.3 is 5.97 Å². The molecule has 0 spiro atoms. The zero-order valence-electron chi connectivity index (χ0n) is 20.3. The van der Waals surface area contributed by atoms with Crippen LogP contribution in [0, 0.1) is 5.92 Å². The summed E-state index contributed by atoms with van der Waals surface area (Å²) in [6.07, 6.45) is 0.0119. The number of rotatable bonds is 15. The van der Waals surface area contributed by atoms with Gasteiger partial charge in [0.2, 0.25) is 23.6 Å². The summed E-state index contributed by atoms with van der Waals surface area (Å²) >= 11 is 0. The van der Waals surface area contributed by atoms with Crippen LogP contribution in [0.2, 0.25) is 0 Å². The van der Waals surface area contributed by atoms with Crippen molar-refractivity contribution in [3.05, 3.63) is 29.8 Å². The van der Waals surface area contributed by atoms with Crippen molar-refractivity contribution in [2.45, 2.75) is 63.7 Å². The molecule has 5 unspecified atom stereocenters. The largest absolute Gasteiger partial charge is 0.508 e. The van der Waals surface area contributed by atoms with E-state index in [2.05, 4.69) is 16.0 Å². The molecule has 0 radical (unpaired) electrons. The molecule has 0 aromatic heterocycles. The molecule has 200 valence electrons. The molecule has 13 heteroatoms. The first-order valence-electron chi connectivity index (χ1n) is 11.5. The lowest BCUT2D eigenvalue weighted by molar-refractivity contribution is -0.143. The first-order chi connectivity index (χ1) is 16.9. The van der Waals surface area contributed by atoms with Gasteiger partial charge in [0, 0.05) is 12.8 Å². The minimum atomic E-state index is -1.55. The predicted molar refractivity (Wildman–Crippen MR) is 128 cm³/mol. The first kappa shape index (κ1) is 30.3. The third-order valence-corrected chi connectivity index (χ3v) is 5.68. The van der Waals surface area contributed by atoms with Gasteiger partial charge in [-0.15, -0.1) is 0 Å². The Morgan fingerprint density at radius 2 is 1.44 bits per heavy atom. The second-order valence-corrected chi connectivity index (χ2v) is 8.49. The van der Waals surface area contributed by atoms with Crippen LogP contribution >= 0.6 is 0 Å². The van der Waals surface area contributed by atoms with Crippen LogP contribution in [0.25, 0.3) is 0 Å². The normalized spacial score (nSPS) is 15.0. The Morgan fingerprint density at radius 1 is 0.917 bits per heavy atom. The molecule has 13 nitrogen and oxygen atoms in total. The van der Waals surface area contributed by atoms with Crippen LogP contribution in [0.5, 0.6) is 5.75 Å². The standard InChI is InChI=1S/C23H35N5O8/c1-3-12(2)19(25)22(34)27-16(10-13-4-6-14(30)7-5-13)20(32)28-17(11-29)21(33)26-15(23(35)36)8-9-18(24)31/h4-7,12,15-17,19,29-30H,3,8-11,25H2,1-2H3,(H2,24,31)(H,26,33)(H,27,34)(H,28,32)(H,35,36). The summed E-state index contributed by atoms with van der Waals surface area (Å²) in [4.78, 5) is 60.6. The van der Waals surface area contributed by atoms with Gasteiger partial charge in [-0.05, 0) is 30.0 Å². The second-order valence-electron chi connectivity index (χ2n) is 8.49. The van der Waals surface area contributed by atoms with Crippen LogP contribution < -0.4 is 27.4 Å². The molecule has 0 bridgehead atoms. The number of carbonyl (C=O) groups is 5. The lowest BCUT2D eigenvalue weighted by Gasteiger charge is -2.25. The van der Waals surface area contributed by atoms with Gasteiger partial charge in [-0.3, -0.25) is 19.2 Å². The van der Waals surface area contributed by atoms with Crippen LogP contribution in [0.15, 0.2) is 24.3 Å². The third kappa shape index (κ3) is 9.88. The molecule has 0 aliphatic heterocycles. The van der Waals surface area contributed by atoms with Crippen molar-refractivity contribution >= 4 is 29.6 Å². The number of nitrogens with two attached hydrogens (primary N) is 2. The smallest absolute Gasteiger partial charge is 0.326 e. The highest BCUT2D eigenvalue weighted by Gasteiger charge is 2.31. The van der Waals surface area contributed by atoms with E-state index in [0.717, 1.165) is 0 Å². The molecular formula is C23H35N5O8. The van der Waals surface area contributed by atoms with E-state index >= 15 is 0 Å². The van der Waals surface area contributed by atoms with Crippen molar-refractivity contribution in [2.75, 3.05) is 6.61 Å². The van der Waals surface area contributed by atoms with Gasteiger partial charge in [-0.1, -0.05) is 32.4 Å². The maximum absolute atomic E-state index is 13.0. The van der Waals surface area contributed by atoms with Gasteiger partial charge in [0.1, 0.15) is 23.9 Å². The number of primary amides is 1. The van der Waals surface area contributed by atoms with Crippen molar-refractivity contribution in [2.24, 2.45) is 17.4 Å². The van der Waals surface area contributed by atoms with Crippen molar-refractivity contribution < 1.29 is 39.3 Å². The van der Waals surface area contributed by atoms with E-state index in [1.807, 2.05) is 6.92 Å². The highest BCUT2D eigenvalue weighted by molar-refractivity contribution is 5.94. The minimum Gasteiger partial charge on any atom is -0.508 e. The number of carbonyl (C=O) groups excluding carboxylic acids is 4. The number of aliphatic carboxylic acids is 1. The average molecular weight is 510 g/mol. The molecule has 36 heavy (non-hydrogen) atoms. The molecule has 5 atom stereocenters. The van der Waals surface area contributed by atoms with E-state index in [-0.39, 0.29) is 30.9 Å². The van der Waals surface area contributed by atoms with E-state index in [9.17, 15) is 39.3 Å². The van der Waals surface area contributed by atoms with Crippen LogP contribution in [-0.2, 0) is 30.4 Å². The van der Waals surface area contributed by atoms with Gasteiger partial charge in [-0.2, -0.15) is 0 Å². The molecule has 0 fully saturated rings. The number of hydrogen-bond donors (Lipinski definition) is 8. The molecule has 0 saturated carbocycles. The molecule has 1 rings (SSSR count). The molecule has 4 amide bonds. The summed E-state index contributed by atoms with van der Waals surface area (Å²) < 4.78 is 0. The number of amides is 4. The van der Waals surface area contributed by atoms with Crippen LogP contribution in [0.4, 0.5) is 0 Å². The number of aliphatic hydroxyl groups is 1. The van der Waals surface area contributed by atoms with Gasteiger partial charge in [0.05, 0.1) is 12.6 Å². The summed E-state index contributed by atoms with van der Waals surface area (Å²) in [5.74, 6) is -4.78. The molecule has 0 saturated heterocycles. The molecule has 0 heterocycles. The number of phenolic OH excluding ortho intramolecular Hbond substituents is 1. The SMILES string of the molecule is CCC(C)C(N)C(=O)NC(Cc1ccc(O)cc1)C(=O)NC(CO)C(=O)NC(CCC(N)=O)C(=O)O. The number of aromatic hydroxyl groups is 1. The Balaban J connectivity index is 3.02. The fraction of sp³-hybridized carbons (Fsp3) is 0.522. The average Bonchev–Trinajstić information content (AvgIpc) is 2.84. The molecule has 1 aromatic rings. The monoisotopic (exact) mass is 509 g/mol. The summed E-state index contributed by atoms with van der Waals surface area (Å²) in [5.41, 5.74) is 11.6. The number of carboxylic acid groups (broad SMARTS) is 1. The Bertz CT molecular complexity index is 924. The van der Waals surface area contributed by atoms with Crippen LogP contribution in [0.3, 0.4) is 0 Å². The molecule has 0 aliphatic carbocycles. The molecule has 1 aromatic carbocycles. The predicted octanol–water partition coefficient (Wildman–Crippen LogP) is -1.90. The fourth-order valence-corrected chi connectivity index (χ4v) is 3.14. The summed E-state index contributed by atoms with van der Waals surface area (Å²) in [7, 11) is 0. The summed E-state index contributed by atoms with van der Waals surface area (Å²) in [5, 5.41) is 35.4. The Morgan fingerprint density at radius 3 is 1.94 bits per heavy atom. The van der Waals surface area contributed by atoms with Crippen molar-refractivity contribution in [3.8, 4) is 5.75 Å². The topological polar surface area (TPSA) is 234 Å². The maximum atomic E-state index is 13.0. The maximum Gasteiger partial charge on any atom is 0.326 e. The third-order valence-electron chi connectivity index (χ3n) is 5.68. The highest BCUT2D eigenvalue weighted by Crippen LogP contribution is 2.12. The Hall–Kier alpha value is -3.71. The summed E-state index contributed by atoms with van der Waals surface area (Å²) in [6, 6.07) is 0.768. The number of hydrogen-bond acceptors (Lipinski definition) is 8. The Kier molecular flexibility index (Phi) is 12.3. The van der Waals surface area contributed by atoms with Gasteiger partial charge in [-0.25, -0.2) is 4.79 Å². The Labute approximate surface area is 208 Å². The van der Waals surface area contributed by atoms with Crippen molar-refractivity contribution in [3.63, 3.8) is 0 Å². The van der Waals surface area contributed by atoms with E-state index in [1.165, 1.54) is 12.1 Å². The minimum absolute atomic E-state index is 0.00363. The van der Waals surface area contributed by atoms with Crippen LogP contribution in [0.1, 0.15) is 38.7 Å². The van der Waals surface area contributed by atoms with Gasteiger partial charge in [0.15, 0.2) is 0 Å². The van der Waals surface area contributed by atoms with E-state index in [0.29, 0.717) is 12.0 Å². The van der Waals surface area contributed by atoms with Crippen molar-refractivity contribution in [1.82, 2.24) is 16.0 Å². The lowest BCUT2D eigenvalue weighted by atomic mass is 9.98. The fourth-order valence-electron chi connectivity index (χ4n) is 3.14. The second kappa shape index (κ2) is 14.6. The van der Waals surface area contributed by atoms with E-state index < -0.39 is 60.4 Å². The lowest BCUT2D eigenvalue weighted by Crippen LogP contribution is -2.59. The zero-order chi connectivity index (χ0) is 27.4. The number of nitrogens with one attached hydrogen (secondary N) is 3. The zero-order valence-corrected chi connectivity index (χ0v) is 20.3. The summed E-state index contributed by atoms with van der Waals surface area (Å²) in [6.45, 7) is 2.77. The number of carboxylic acids is 1. The number of phenols is 1. The first-order valence-corrected chi connectivity index (χ1v) is 11.5. The number of benzene rings is 1. The molecule has 0 aliphatic rings. The van der Waals surface area contributed by atoms with Crippen molar-refractivity contribution in [1.29, 1.82) is 0 Å². The van der Waals surface area contributed by atoms with Gasteiger partial charge < -0.3 is 42.7 Å². The van der Waals surface area contributed by atoms with E-state index in [1.54, 1.807) is 19.1 Å². The molecule has 10 N–H and O–H groups in total. The van der Waals surface area contributed by atoms with Crippen LogP contribution in [-0.4, -0.2) is 75.7 Å². The number of aliphatic hydroxyl groups excluding tert-OH is 1. The van der Waals surface area contributed by atoms with Gasteiger partial charge in [0.25, 0.3) is 0 Å².